The second-order valence-electron chi connectivity index (χ2n) is 4.66. The van der Waals surface area contributed by atoms with Crippen molar-refractivity contribution in [3.05, 3.63) is 34.9 Å². The summed E-state index contributed by atoms with van der Waals surface area (Å²) in [6.45, 7) is 6.80. The second-order valence-corrected chi connectivity index (χ2v) is 4.66. The van der Waals surface area contributed by atoms with E-state index in [1.54, 1.807) is 10.9 Å². The molecule has 5 nitrogen and oxygen atoms in total. The summed E-state index contributed by atoms with van der Waals surface area (Å²) >= 11 is 0. The minimum atomic E-state index is 0.0999. The molecular weight excluding hydrogens is 240 g/mol. The minimum absolute atomic E-state index is 0.0999. The van der Waals surface area contributed by atoms with E-state index in [2.05, 4.69) is 17.1 Å². The van der Waals surface area contributed by atoms with Crippen LogP contribution in [0.3, 0.4) is 0 Å². The molecule has 0 aliphatic rings. The molecule has 0 aromatic carbocycles. The van der Waals surface area contributed by atoms with Crippen molar-refractivity contribution in [2.45, 2.75) is 40.2 Å². The van der Waals surface area contributed by atoms with Gasteiger partial charge in [0.25, 0.3) is 0 Å². The highest BCUT2D eigenvalue weighted by atomic mass is 16.1. The van der Waals surface area contributed by atoms with Crippen LogP contribution in [0.5, 0.6) is 0 Å². The maximum atomic E-state index is 12.3. The third-order valence-electron chi connectivity index (χ3n) is 3.45. The normalized spacial score (nSPS) is 10.9. The summed E-state index contributed by atoms with van der Waals surface area (Å²) in [6, 6.07) is 2.02. The average Bonchev–Trinajstić information content (AvgIpc) is 2.94. The number of carbonyl (C=O) groups is 1. The molecular formula is C14H20N4O. The Morgan fingerprint density at radius 1 is 1.37 bits per heavy atom. The Bertz CT molecular complexity index is 595. The van der Waals surface area contributed by atoms with Crippen molar-refractivity contribution < 1.29 is 4.79 Å². The van der Waals surface area contributed by atoms with Crippen LogP contribution in [0.4, 0.5) is 0 Å². The Balaban J connectivity index is 2.23. The Morgan fingerprint density at radius 2 is 2.11 bits per heavy atom. The summed E-state index contributed by atoms with van der Waals surface area (Å²) in [6.07, 6.45) is 2.92. The van der Waals surface area contributed by atoms with Gasteiger partial charge in [0.15, 0.2) is 5.78 Å². The van der Waals surface area contributed by atoms with Crippen molar-refractivity contribution in [3.63, 3.8) is 0 Å². The van der Waals surface area contributed by atoms with Gasteiger partial charge in [-0.2, -0.15) is 10.2 Å². The van der Waals surface area contributed by atoms with Crippen molar-refractivity contribution in [1.29, 1.82) is 0 Å². The first-order chi connectivity index (χ1) is 9.06. The number of nitrogens with zero attached hydrogens (tertiary/aromatic N) is 4. The number of carbonyl (C=O) groups excluding carboxylic acids is 1. The van der Waals surface area contributed by atoms with Crippen LogP contribution in [0.1, 0.15) is 41.3 Å². The van der Waals surface area contributed by atoms with Gasteiger partial charge >= 0.3 is 0 Å². The number of ketones is 1. The number of hydrogen-bond donors (Lipinski definition) is 0. The quantitative estimate of drug-likeness (QED) is 0.772. The number of aromatic nitrogens is 4. The molecule has 0 N–H and O–H groups in total. The van der Waals surface area contributed by atoms with Crippen LogP contribution in [0, 0.1) is 6.92 Å². The third kappa shape index (κ3) is 2.59. The zero-order valence-electron chi connectivity index (χ0n) is 12.0. The Hall–Kier alpha value is -1.91. The Labute approximate surface area is 113 Å². The van der Waals surface area contributed by atoms with E-state index in [9.17, 15) is 4.79 Å². The van der Waals surface area contributed by atoms with E-state index in [4.69, 9.17) is 0 Å². The van der Waals surface area contributed by atoms with Crippen molar-refractivity contribution in [3.8, 4) is 0 Å². The zero-order chi connectivity index (χ0) is 14.0. The third-order valence-corrected chi connectivity index (χ3v) is 3.45. The zero-order valence-corrected chi connectivity index (χ0v) is 12.0. The van der Waals surface area contributed by atoms with E-state index in [0.29, 0.717) is 12.0 Å². The van der Waals surface area contributed by atoms with Crippen LogP contribution < -0.4 is 0 Å². The molecule has 2 aromatic heterocycles. The molecule has 0 saturated carbocycles. The van der Waals surface area contributed by atoms with Gasteiger partial charge in [0.05, 0.1) is 23.9 Å². The molecule has 0 bridgehead atoms. The predicted octanol–water partition coefficient (Wildman–Crippen LogP) is 1.93. The lowest BCUT2D eigenvalue weighted by Gasteiger charge is -2.03. The number of Topliss-reactive ketones (excluding diaryl/α,β-unsaturated/α-hetero) is 1. The van der Waals surface area contributed by atoms with Gasteiger partial charge in [-0.05, 0) is 26.3 Å². The predicted molar refractivity (Wildman–Crippen MR) is 73.3 cm³/mol. The van der Waals surface area contributed by atoms with Gasteiger partial charge in [-0.15, -0.1) is 0 Å². The summed E-state index contributed by atoms with van der Waals surface area (Å²) in [7, 11) is 1.84. The molecule has 19 heavy (non-hydrogen) atoms. The minimum Gasteiger partial charge on any atom is -0.294 e. The van der Waals surface area contributed by atoms with E-state index in [1.165, 1.54) is 0 Å². The highest BCUT2D eigenvalue weighted by molar-refractivity contribution is 5.98. The highest BCUT2D eigenvalue weighted by Crippen LogP contribution is 2.13. The van der Waals surface area contributed by atoms with Crippen molar-refractivity contribution >= 4 is 5.78 Å². The lowest BCUT2D eigenvalue weighted by Crippen LogP contribution is -2.10. The Morgan fingerprint density at radius 3 is 2.63 bits per heavy atom. The molecule has 2 aromatic rings. The molecule has 0 fully saturated rings. The van der Waals surface area contributed by atoms with E-state index in [-0.39, 0.29) is 5.78 Å². The van der Waals surface area contributed by atoms with Gasteiger partial charge in [-0.25, -0.2) is 0 Å². The lowest BCUT2D eigenvalue weighted by atomic mass is 10.1. The van der Waals surface area contributed by atoms with Crippen LogP contribution in [0.2, 0.25) is 0 Å². The van der Waals surface area contributed by atoms with Crippen LogP contribution in [0.15, 0.2) is 12.3 Å². The van der Waals surface area contributed by atoms with Gasteiger partial charge in [-0.3, -0.25) is 14.2 Å². The van der Waals surface area contributed by atoms with Gasteiger partial charge < -0.3 is 0 Å². The van der Waals surface area contributed by atoms with Crippen LogP contribution in [-0.2, 0) is 26.4 Å². The number of hydrogen-bond acceptors (Lipinski definition) is 3. The van der Waals surface area contributed by atoms with Gasteiger partial charge in [-0.1, -0.05) is 6.92 Å². The molecule has 0 aliphatic heterocycles. The fourth-order valence-corrected chi connectivity index (χ4v) is 2.14. The van der Waals surface area contributed by atoms with Crippen LogP contribution >= 0.6 is 0 Å². The fourth-order valence-electron chi connectivity index (χ4n) is 2.14. The Kier molecular flexibility index (Phi) is 3.83. The van der Waals surface area contributed by atoms with Crippen molar-refractivity contribution in [2.24, 2.45) is 7.05 Å². The van der Waals surface area contributed by atoms with Crippen molar-refractivity contribution in [2.75, 3.05) is 0 Å². The largest absolute Gasteiger partial charge is 0.294 e. The SMILES string of the molecule is CCc1cc(CC(=O)c2cnn(C)c2C)n(CC)n1. The highest BCUT2D eigenvalue weighted by Gasteiger charge is 2.16. The van der Waals surface area contributed by atoms with Gasteiger partial charge in [0.2, 0.25) is 0 Å². The first-order valence-electron chi connectivity index (χ1n) is 6.64. The summed E-state index contributed by atoms with van der Waals surface area (Å²) in [5, 5.41) is 8.58. The summed E-state index contributed by atoms with van der Waals surface area (Å²) in [4.78, 5) is 12.3. The molecule has 0 spiro atoms. The second kappa shape index (κ2) is 5.38. The van der Waals surface area contributed by atoms with Crippen LogP contribution in [0.25, 0.3) is 0 Å². The molecule has 2 heterocycles. The maximum Gasteiger partial charge on any atom is 0.172 e. The topological polar surface area (TPSA) is 52.7 Å². The summed E-state index contributed by atoms with van der Waals surface area (Å²) in [5.74, 6) is 0.0999. The first-order valence-corrected chi connectivity index (χ1v) is 6.64. The average molecular weight is 260 g/mol. The maximum absolute atomic E-state index is 12.3. The standard InChI is InChI=1S/C14H20N4O/c1-5-11-7-12(18(6-2)16-11)8-14(19)13-9-15-17(4)10(13)3/h7,9H,5-6,8H2,1-4H3. The van der Waals surface area contributed by atoms with Crippen LogP contribution in [-0.4, -0.2) is 25.3 Å². The summed E-state index contributed by atoms with van der Waals surface area (Å²) in [5.41, 5.74) is 3.62. The summed E-state index contributed by atoms with van der Waals surface area (Å²) < 4.78 is 3.63. The lowest BCUT2D eigenvalue weighted by molar-refractivity contribution is 0.0990. The number of rotatable bonds is 5. The fraction of sp³-hybridized carbons (Fsp3) is 0.500. The van der Waals surface area contributed by atoms with Crippen molar-refractivity contribution in [1.82, 2.24) is 19.6 Å². The monoisotopic (exact) mass is 260 g/mol. The molecule has 5 heteroatoms. The van der Waals surface area contributed by atoms with E-state index in [1.807, 2.05) is 31.6 Å². The molecule has 0 atom stereocenters. The smallest absolute Gasteiger partial charge is 0.172 e. The molecule has 0 saturated heterocycles. The molecule has 102 valence electrons. The van der Waals surface area contributed by atoms with E-state index < -0.39 is 0 Å². The molecule has 0 amide bonds. The van der Waals surface area contributed by atoms with Gasteiger partial charge in [0.1, 0.15) is 0 Å². The molecule has 0 unspecified atom stereocenters. The number of aryl methyl sites for hydroxylation is 3. The first kappa shape index (κ1) is 13.5. The van der Waals surface area contributed by atoms with Gasteiger partial charge in [0, 0.05) is 25.0 Å². The van der Waals surface area contributed by atoms with E-state index in [0.717, 1.165) is 30.0 Å². The molecule has 0 radical (unpaired) electrons. The van der Waals surface area contributed by atoms with E-state index >= 15 is 0 Å². The molecule has 0 aliphatic carbocycles. The molecule has 2 rings (SSSR count).